The number of hydrogen-bond donors (Lipinski definition) is 1. The lowest BCUT2D eigenvalue weighted by Crippen LogP contribution is -2.05. The fraction of sp³-hybridized carbons (Fsp3) is 0.286. The number of rotatable bonds is 5. The van der Waals surface area contributed by atoms with Crippen LogP contribution in [0.15, 0.2) is 30.6 Å². The Morgan fingerprint density at radius 1 is 1.47 bits per heavy atom. The second-order valence-electron chi connectivity index (χ2n) is 4.43. The van der Waals surface area contributed by atoms with Gasteiger partial charge in [-0.15, -0.1) is 0 Å². The van der Waals surface area contributed by atoms with Crippen LogP contribution in [0.2, 0.25) is 0 Å². The summed E-state index contributed by atoms with van der Waals surface area (Å²) in [6.07, 6.45) is 4.49. The summed E-state index contributed by atoms with van der Waals surface area (Å²) >= 11 is 0. The molecule has 0 spiro atoms. The SMILES string of the molecule is CC(=O)c1cc(N)ccc1OCCc1cnn(C)c1. The van der Waals surface area contributed by atoms with Gasteiger partial charge in [0, 0.05) is 25.4 Å². The molecule has 0 bridgehead atoms. The molecule has 5 nitrogen and oxygen atoms in total. The van der Waals surface area contributed by atoms with Crippen molar-refractivity contribution in [3.8, 4) is 5.75 Å². The molecule has 0 unspecified atom stereocenters. The third kappa shape index (κ3) is 3.34. The van der Waals surface area contributed by atoms with E-state index >= 15 is 0 Å². The highest BCUT2D eigenvalue weighted by Crippen LogP contribution is 2.22. The van der Waals surface area contributed by atoms with E-state index in [-0.39, 0.29) is 5.78 Å². The predicted molar refractivity (Wildman–Crippen MR) is 73.3 cm³/mol. The minimum atomic E-state index is -0.0522. The van der Waals surface area contributed by atoms with Crippen LogP contribution in [0.4, 0.5) is 5.69 Å². The third-order valence-corrected chi connectivity index (χ3v) is 2.79. The molecule has 0 fully saturated rings. The molecule has 2 aromatic rings. The number of benzene rings is 1. The van der Waals surface area contributed by atoms with Gasteiger partial charge in [-0.05, 0) is 30.7 Å². The van der Waals surface area contributed by atoms with E-state index in [4.69, 9.17) is 10.5 Å². The van der Waals surface area contributed by atoms with E-state index in [2.05, 4.69) is 5.10 Å². The Bertz CT molecular complexity index is 590. The van der Waals surface area contributed by atoms with Gasteiger partial charge >= 0.3 is 0 Å². The van der Waals surface area contributed by atoms with Crippen LogP contribution in [0.3, 0.4) is 0 Å². The summed E-state index contributed by atoms with van der Waals surface area (Å²) < 4.78 is 7.40. The number of carbonyl (C=O) groups is 1. The number of carbonyl (C=O) groups excluding carboxylic acids is 1. The summed E-state index contributed by atoms with van der Waals surface area (Å²) in [6, 6.07) is 5.10. The second kappa shape index (κ2) is 5.56. The topological polar surface area (TPSA) is 70.1 Å². The molecule has 0 saturated heterocycles. The fourth-order valence-electron chi connectivity index (χ4n) is 1.83. The van der Waals surface area contributed by atoms with E-state index in [1.54, 1.807) is 29.1 Å². The van der Waals surface area contributed by atoms with Crippen LogP contribution in [0.25, 0.3) is 0 Å². The first-order valence-electron chi connectivity index (χ1n) is 6.07. The Hall–Kier alpha value is -2.30. The van der Waals surface area contributed by atoms with Crippen LogP contribution in [-0.4, -0.2) is 22.2 Å². The van der Waals surface area contributed by atoms with Crippen molar-refractivity contribution in [1.82, 2.24) is 9.78 Å². The number of aryl methyl sites for hydroxylation is 1. The van der Waals surface area contributed by atoms with E-state index in [1.165, 1.54) is 6.92 Å². The number of nitrogens with two attached hydrogens (primary N) is 1. The molecule has 100 valence electrons. The van der Waals surface area contributed by atoms with Gasteiger partial charge in [-0.2, -0.15) is 5.10 Å². The molecule has 19 heavy (non-hydrogen) atoms. The van der Waals surface area contributed by atoms with Gasteiger partial charge in [0.2, 0.25) is 0 Å². The molecular formula is C14H17N3O2. The van der Waals surface area contributed by atoms with E-state index in [0.29, 0.717) is 23.6 Å². The summed E-state index contributed by atoms with van der Waals surface area (Å²) in [4.78, 5) is 11.5. The summed E-state index contributed by atoms with van der Waals surface area (Å²) in [5.41, 5.74) is 7.85. The standard InChI is InChI=1S/C14H17N3O2/c1-10(18)13-7-12(15)3-4-14(13)19-6-5-11-8-16-17(2)9-11/h3-4,7-9H,5-6,15H2,1-2H3. The van der Waals surface area contributed by atoms with Crippen molar-refractivity contribution in [2.45, 2.75) is 13.3 Å². The molecule has 2 N–H and O–H groups in total. The van der Waals surface area contributed by atoms with Crippen LogP contribution < -0.4 is 10.5 Å². The number of Topliss-reactive ketones (excluding diaryl/α,β-unsaturated/α-hetero) is 1. The third-order valence-electron chi connectivity index (χ3n) is 2.79. The zero-order valence-corrected chi connectivity index (χ0v) is 11.1. The molecule has 0 aliphatic heterocycles. The zero-order chi connectivity index (χ0) is 13.8. The Morgan fingerprint density at radius 2 is 2.26 bits per heavy atom. The lowest BCUT2D eigenvalue weighted by atomic mass is 10.1. The first-order chi connectivity index (χ1) is 9.06. The Morgan fingerprint density at radius 3 is 2.89 bits per heavy atom. The average Bonchev–Trinajstić information content (AvgIpc) is 2.77. The van der Waals surface area contributed by atoms with Crippen molar-refractivity contribution >= 4 is 11.5 Å². The van der Waals surface area contributed by atoms with E-state index in [1.807, 2.05) is 13.2 Å². The summed E-state index contributed by atoms with van der Waals surface area (Å²) in [7, 11) is 1.87. The monoisotopic (exact) mass is 259 g/mol. The highest BCUT2D eigenvalue weighted by molar-refractivity contribution is 5.97. The first-order valence-corrected chi connectivity index (χ1v) is 6.07. The molecule has 5 heteroatoms. The summed E-state index contributed by atoms with van der Waals surface area (Å²) in [6.45, 7) is 2.00. The molecule has 2 rings (SSSR count). The van der Waals surface area contributed by atoms with E-state index < -0.39 is 0 Å². The Kier molecular flexibility index (Phi) is 3.85. The first kappa shape index (κ1) is 13.1. The molecule has 0 radical (unpaired) electrons. The van der Waals surface area contributed by atoms with Gasteiger partial charge in [0.15, 0.2) is 5.78 Å². The summed E-state index contributed by atoms with van der Waals surface area (Å²) in [5.74, 6) is 0.522. The molecule has 0 amide bonds. The lowest BCUT2D eigenvalue weighted by Gasteiger charge is -2.09. The molecule has 0 aliphatic carbocycles. The maximum absolute atomic E-state index is 11.5. The smallest absolute Gasteiger partial charge is 0.163 e. The number of ether oxygens (including phenoxy) is 1. The zero-order valence-electron chi connectivity index (χ0n) is 11.1. The van der Waals surface area contributed by atoms with Gasteiger partial charge in [-0.25, -0.2) is 0 Å². The van der Waals surface area contributed by atoms with Crippen molar-refractivity contribution in [2.75, 3.05) is 12.3 Å². The van der Waals surface area contributed by atoms with Crippen molar-refractivity contribution in [3.63, 3.8) is 0 Å². The van der Waals surface area contributed by atoms with E-state index in [0.717, 1.165) is 12.0 Å². The number of hydrogen-bond acceptors (Lipinski definition) is 4. The van der Waals surface area contributed by atoms with E-state index in [9.17, 15) is 4.79 Å². The minimum absolute atomic E-state index is 0.0522. The second-order valence-corrected chi connectivity index (χ2v) is 4.43. The molecule has 0 atom stereocenters. The predicted octanol–water partition coefficient (Wildman–Crippen LogP) is 1.83. The maximum Gasteiger partial charge on any atom is 0.163 e. The quantitative estimate of drug-likeness (QED) is 0.657. The van der Waals surface area contributed by atoms with Crippen molar-refractivity contribution in [3.05, 3.63) is 41.7 Å². The largest absolute Gasteiger partial charge is 0.492 e. The van der Waals surface area contributed by atoms with Gasteiger partial charge < -0.3 is 10.5 Å². The molecule has 1 heterocycles. The maximum atomic E-state index is 11.5. The number of anilines is 1. The molecule has 1 aromatic heterocycles. The lowest BCUT2D eigenvalue weighted by molar-refractivity contribution is 0.101. The van der Waals surface area contributed by atoms with Gasteiger partial charge in [-0.3, -0.25) is 9.48 Å². The van der Waals surface area contributed by atoms with Crippen LogP contribution in [0.5, 0.6) is 5.75 Å². The normalized spacial score (nSPS) is 10.4. The fourth-order valence-corrected chi connectivity index (χ4v) is 1.83. The Labute approximate surface area is 112 Å². The molecule has 0 aliphatic rings. The number of nitrogens with zero attached hydrogens (tertiary/aromatic N) is 2. The Balaban J connectivity index is 2.01. The number of nitrogen functional groups attached to an aromatic ring is 1. The number of aromatic nitrogens is 2. The molecular weight excluding hydrogens is 242 g/mol. The highest BCUT2D eigenvalue weighted by atomic mass is 16.5. The van der Waals surface area contributed by atoms with Crippen molar-refractivity contribution < 1.29 is 9.53 Å². The average molecular weight is 259 g/mol. The van der Waals surface area contributed by atoms with Crippen LogP contribution in [0, 0.1) is 0 Å². The highest BCUT2D eigenvalue weighted by Gasteiger charge is 2.09. The van der Waals surface area contributed by atoms with Crippen LogP contribution >= 0.6 is 0 Å². The summed E-state index contributed by atoms with van der Waals surface area (Å²) in [5, 5.41) is 4.09. The van der Waals surface area contributed by atoms with Gasteiger partial charge in [0.1, 0.15) is 5.75 Å². The van der Waals surface area contributed by atoms with Gasteiger partial charge in [0.05, 0.1) is 18.4 Å². The van der Waals surface area contributed by atoms with Gasteiger partial charge in [-0.1, -0.05) is 0 Å². The van der Waals surface area contributed by atoms with Gasteiger partial charge in [0.25, 0.3) is 0 Å². The van der Waals surface area contributed by atoms with Crippen molar-refractivity contribution in [2.24, 2.45) is 7.05 Å². The molecule has 1 aromatic carbocycles. The minimum Gasteiger partial charge on any atom is -0.492 e. The van der Waals surface area contributed by atoms with Crippen LogP contribution in [0.1, 0.15) is 22.8 Å². The van der Waals surface area contributed by atoms with Crippen molar-refractivity contribution in [1.29, 1.82) is 0 Å². The van der Waals surface area contributed by atoms with Crippen LogP contribution in [-0.2, 0) is 13.5 Å². The number of ketones is 1. The molecule has 0 saturated carbocycles.